The van der Waals surface area contributed by atoms with Crippen LogP contribution in [0.15, 0.2) is 73.1 Å². The fourth-order valence-corrected chi connectivity index (χ4v) is 2.45. The smallest absolute Gasteiger partial charge is 0.331 e. The van der Waals surface area contributed by atoms with Gasteiger partial charge in [0, 0.05) is 30.0 Å². The van der Waals surface area contributed by atoms with Crippen molar-refractivity contribution in [1.29, 1.82) is 0 Å². The molecule has 0 N–H and O–H groups in total. The van der Waals surface area contributed by atoms with E-state index in [2.05, 4.69) is 4.98 Å². The molecule has 4 nitrogen and oxygen atoms in total. The second-order valence-electron chi connectivity index (χ2n) is 5.45. The number of esters is 1. The van der Waals surface area contributed by atoms with Crippen LogP contribution >= 0.6 is 11.6 Å². The summed E-state index contributed by atoms with van der Waals surface area (Å²) in [6.45, 7) is 0.817. The predicted octanol–water partition coefficient (Wildman–Crippen LogP) is 4.34. The Kier molecular flexibility index (Phi) is 5.65. The van der Waals surface area contributed by atoms with E-state index in [-0.39, 0.29) is 6.61 Å². The molecule has 0 saturated heterocycles. The fraction of sp³-hybridized carbons (Fsp3) is 0.100. The van der Waals surface area contributed by atoms with Crippen LogP contribution in [-0.2, 0) is 22.7 Å². The van der Waals surface area contributed by atoms with Crippen LogP contribution in [0.3, 0.4) is 0 Å². The third-order valence-electron chi connectivity index (χ3n) is 3.62. The molecule has 0 saturated carbocycles. The first kappa shape index (κ1) is 17.0. The van der Waals surface area contributed by atoms with Gasteiger partial charge < -0.3 is 9.30 Å². The van der Waals surface area contributed by atoms with Crippen LogP contribution in [0.25, 0.3) is 6.08 Å². The third kappa shape index (κ3) is 5.06. The molecule has 1 heterocycles. The molecule has 0 aliphatic heterocycles. The van der Waals surface area contributed by atoms with Crippen molar-refractivity contribution in [3.05, 3.63) is 95.0 Å². The number of rotatable bonds is 6. The zero-order valence-corrected chi connectivity index (χ0v) is 14.3. The number of imidazole rings is 1. The van der Waals surface area contributed by atoms with Gasteiger partial charge in [0.25, 0.3) is 0 Å². The molecule has 0 unspecified atom stereocenters. The standard InChI is InChI=1S/C20H17ClN2O2/c21-18-9-6-16(7-10-18)8-11-20(24)25-15-19-22-12-13-23(19)14-17-4-2-1-3-5-17/h1-13H,14-15H2/b11-8+. The van der Waals surface area contributed by atoms with Crippen molar-refractivity contribution < 1.29 is 9.53 Å². The summed E-state index contributed by atoms with van der Waals surface area (Å²) in [5.41, 5.74) is 2.04. The lowest BCUT2D eigenvalue weighted by Crippen LogP contribution is -2.08. The number of hydrogen-bond acceptors (Lipinski definition) is 3. The van der Waals surface area contributed by atoms with Crippen LogP contribution in [0.4, 0.5) is 0 Å². The molecule has 0 bridgehead atoms. The van der Waals surface area contributed by atoms with Gasteiger partial charge in [0.1, 0.15) is 12.4 Å². The fourth-order valence-electron chi connectivity index (χ4n) is 2.33. The summed E-state index contributed by atoms with van der Waals surface area (Å²) in [5, 5.41) is 0.657. The van der Waals surface area contributed by atoms with Gasteiger partial charge in [-0.05, 0) is 29.3 Å². The molecule has 126 valence electrons. The largest absolute Gasteiger partial charge is 0.454 e. The molecule has 0 aliphatic carbocycles. The monoisotopic (exact) mass is 352 g/mol. The summed E-state index contributed by atoms with van der Waals surface area (Å²) in [4.78, 5) is 16.1. The van der Waals surface area contributed by atoms with Gasteiger partial charge >= 0.3 is 5.97 Å². The van der Waals surface area contributed by atoms with Gasteiger partial charge in [0.2, 0.25) is 0 Å². The van der Waals surface area contributed by atoms with Crippen molar-refractivity contribution in [1.82, 2.24) is 9.55 Å². The molecule has 3 rings (SSSR count). The SMILES string of the molecule is O=C(/C=C/c1ccc(Cl)cc1)OCc1nccn1Cc1ccccc1. The summed E-state index contributed by atoms with van der Waals surface area (Å²) in [7, 11) is 0. The maximum atomic E-state index is 11.9. The minimum Gasteiger partial charge on any atom is -0.454 e. The van der Waals surface area contributed by atoms with Crippen molar-refractivity contribution in [3.63, 3.8) is 0 Å². The maximum Gasteiger partial charge on any atom is 0.331 e. The van der Waals surface area contributed by atoms with Crippen LogP contribution in [0.1, 0.15) is 17.0 Å². The molecule has 1 aromatic heterocycles. The Morgan fingerprint density at radius 2 is 1.88 bits per heavy atom. The number of nitrogens with zero attached hydrogens (tertiary/aromatic N) is 2. The first-order valence-corrected chi connectivity index (χ1v) is 8.23. The molecule has 0 amide bonds. The highest BCUT2D eigenvalue weighted by Crippen LogP contribution is 2.11. The highest BCUT2D eigenvalue weighted by atomic mass is 35.5. The van der Waals surface area contributed by atoms with E-state index in [0.29, 0.717) is 17.4 Å². The number of carbonyl (C=O) groups is 1. The van der Waals surface area contributed by atoms with E-state index in [4.69, 9.17) is 16.3 Å². The van der Waals surface area contributed by atoms with E-state index < -0.39 is 5.97 Å². The van der Waals surface area contributed by atoms with E-state index in [9.17, 15) is 4.79 Å². The Morgan fingerprint density at radius 1 is 1.12 bits per heavy atom. The number of carbonyl (C=O) groups excluding carboxylic acids is 1. The molecule has 0 aliphatic rings. The van der Waals surface area contributed by atoms with E-state index in [0.717, 1.165) is 11.1 Å². The molecule has 2 aromatic carbocycles. The summed E-state index contributed by atoms with van der Waals surface area (Å²) < 4.78 is 7.24. The zero-order chi connectivity index (χ0) is 17.5. The molecule has 5 heteroatoms. The van der Waals surface area contributed by atoms with Crippen molar-refractivity contribution in [2.24, 2.45) is 0 Å². The average molecular weight is 353 g/mol. The summed E-state index contributed by atoms with van der Waals surface area (Å²) in [5.74, 6) is 0.293. The summed E-state index contributed by atoms with van der Waals surface area (Å²) >= 11 is 5.83. The Balaban J connectivity index is 1.56. The minimum atomic E-state index is -0.413. The Morgan fingerprint density at radius 3 is 2.64 bits per heavy atom. The van der Waals surface area contributed by atoms with Gasteiger partial charge in [-0.3, -0.25) is 0 Å². The molecule has 0 atom stereocenters. The van der Waals surface area contributed by atoms with Gasteiger partial charge in [-0.15, -0.1) is 0 Å². The van der Waals surface area contributed by atoms with Crippen LogP contribution in [0.5, 0.6) is 0 Å². The quantitative estimate of drug-likeness (QED) is 0.489. The Hall–Kier alpha value is -2.85. The molecule has 25 heavy (non-hydrogen) atoms. The van der Waals surface area contributed by atoms with Crippen molar-refractivity contribution in [2.45, 2.75) is 13.2 Å². The lowest BCUT2D eigenvalue weighted by atomic mass is 10.2. The third-order valence-corrected chi connectivity index (χ3v) is 3.87. The second kappa shape index (κ2) is 8.31. The highest BCUT2D eigenvalue weighted by Gasteiger charge is 2.06. The minimum absolute atomic E-state index is 0.129. The lowest BCUT2D eigenvalue weighted by Gasteiger charge is -2.08. The summed E-state index contributed by atoms with van der Waals surface area (Å²) in [6, 6.07) is 17.3. The summed E-state index contributed by atoms with van der Waals surface area (Å²) in [6.07, 6.45) is 6.66. The van der Waals surface area contributed by atoms with Gasteiger partial charge in [0.05, 0.1) is 0 Å². The average Bonchev–Trinajstić information content (AvgIpc) is 3.07. The number of hydrogen-bond donors (Lipinski definition) is 0. The van der Waals surface area contributed by atoms with Crippen LogP contribution < -0.4 is 0 Å². The molecule has 0 fully saturated rings. The van der Waals surface area contributed by atoms with Gasteiger partial charge in [-0.1, -0.05) is 54.1 Å². The molecular weight excluding hydrogens is 336 g/mol. The molecule has 0 radical (unpaired) electrons. The van der Waals surface area contributed by atoms with Gasteiger partial charge in [0.15, 0.2) is 0 Å². The normalized spacial score (nSPS) is 10.9. The van der Waals surface area contributed by atoms with Crippen LogP contribution in [-0.4, -0.2) is 15.5 Å². The van der Waals surface area contributed by atoms with Crippen LogP contribution in [0.2, 0.25) is 5.02 Å². The first-order chi connectivity index (χ1) is 12.2. The van der Waals surface area contributed by atoms with E-state index in [1.807, 2.05) is 53.2 Å². The maximum absolute atomic E-state index is 11.9. The number of aromatic nitrogens is 2. The van der Waals surface area contributed by atoms with Crippen molar-refractivity contribution in [2.75, 3.05) is 0 Å². The molecule has 0 spiro atoms. The van der Waals surface area contributed by atoms with E-state index in [1.54, 1.807) is 24.4 Å². The van der Waals surface area contributed by atoms with Gasteiger partial charge in [-0.25, -0.2) is 9.78 Å². The highest BCUT2D eigenvalue weighted by molar-refractivity contribution is 6.30. The van der Waals surface area contributed by atoms with E-state index >= 15 is 0 Å². The van der Waals surface area contributed by atoms with Crippen molar-refractivity contribution in [3.8, 4) is 0 Å². The Bertz CT molecular complexity index is 855. The van der Waals surface area contributed by atoms with E-state index in [1.165, 1.54) is 6.08 Å². The number of halogens is 1. The number of benzene rings is 2. The molecule has 3 aromatic rings. The second-order valence-corrected chi connectivity index (χ2v) is 5.89. The number of ether oxygens (including phenoxy) is 1. The van der Waals surface area contributed by atoms with Crippen LogP contribution in [0, 0.1) is 0 Å². The van der Waals surface area contributed by atoms with Gasteiger partial charge in [-0.2, -0.15) is 0 Å². The lowest BCUT2D eigenvalue weighted by molar-refractivity contribution is -0.139. The predicted molar refractivity (Wildman–Crippen MR) is 98.1 cm³/mol. The van der Waals surface area contributed by atoms with Crippen molar-refractivity contribution >= 4 is 23.6 Å². The molecular formula is C20H17ClN2O2. The topological polar surface area (TPSA) is 44.1 Å². The Labute approximate surface area is 151 Å². The first-order valence-electron chi connectivity index (χ1n) is 7.85. The zero-order valence-electron chi connectivity index (χ0n) is 13.5.